The summed E-state index contributed by atoms with van der Waals surface area (Å²) in [6.07, 6.45) is 0. The molecule has 0 bridgehead atoms. The summed E-state index contributed by atoms with van der Waals surface area (Å²) in [5.41, 5.74) is -0.521. The molecule has 0 radical (unpaired) electrons. The molecule has 21 heavy (non-hydrogen) atoms. The number of aliphatic carboxylic acids is 1. The van der Waals surface area contributed by atoms with Gasteiger partial charge < -0.3 is 5.11 Å². The molecule has 0 unspecified atom stereocenters. The van der Waals surface area contributed by atoms with Gasteiger partial charge in [-0.1, -0.05) is 6.07 Å². The number of benzene rings is 1. The highest BCUT2D eigenvalue weighted by atomic mass is 32.2. The van der Waals surface area contributed by atoms with Gasteiger partial charge in [0.05, 0.1) is 5.69 Å². The van der Waals surface area contributed by atoms with Gasteiger partial charge in [0.15, 0.2) is 0 Å². The van der Waals surface area contributed by atoms with E-state index in [0.29, 0.717) is 10.4 Å². The van der Waals surface area contributed by atoms with Crippen molar-refractivity contribution < 1.29 is 27.1 Å². The summed E-state index contributed by atoms with van der Waals surface area (Å²) in [4.78, 5) is 10.9. The first-order chi connectivity index (χ1) is 9.82. The summed E-state index contributed by atoms with van der Waals surface area (Å²) in [6, 6.07) is 4.98. The fourth-order valence-corrected chi connectivity index (χ4v) is 4.15. The summed E-state index contributed by atoms with van der Waals surface area (Å²) in [6.45, 7) is -0.969. The maximum atomic E-state index is 13.8. The van der Waals surface area contributed by atoms with Crippen LogP contribution in [0.4, 0.5) is 14.5 Å². The van der Waals surface area contributed by atoms with Crippen LogP contribution < -0.4 is 4.31 Å². The van der Waals surface area contributed by atoms with Crippen LogP contribution in [-0.4, -0.2) is 26.0 Å². The Morgan fingerprint density at radius 2 is 2.00 bits per heavy atom. The minimum atomic E-state index is -4.23. The SMILES string of the molecule is O=C(O)CN(c1ccc(F)cc1F)S(=O)(=O)c1cccs1. The average Bonchev–Trinajstić information content (AvgIpc) is 2.90. The largest absolute Gasteiger partial charge is 0.480 e. The van der Waals surface area contributed by atoms with E-state index < -0.39 is 39.9 Å². The van der Waals surface area contributed by atoms with E-state index >= 15 is 0 Å². The summed E-state index contributed by atoms with van der Waals surface area (Å²) < 4.78 is 51.7. The van der Waals surface area contributed by atoms with Crippen LogP contribution in [0.3, 0.4) is 0 Å². The standard InChI is InChI=1S/C12H9F2NO4S2/c13-8-3-4-10(9(14)6-8)15(7-11(16)17)21(18,19)12-2-1-5-20-12/h1-6H,7H2,(H,16,17). The molecule has 0 spiro atoms. The molecule has 0 atom stereocenters. The lowest BCUT2D eigenvalue weighted by Crippen LogP contribution is -2.36. The first-order valence-corrected chi connectivity index (χ1v) is 7.87. The van der Waals surface area contributed by atoms with Crippen LogP contribution in [0, 0.1) is 11.6 Å². The van der Waals surface area contributed by atoms with E-state index in [0.717, 1.165) is 23.5 Å². The van der Waals surface area contributed by atoms with Crippen LogP contribution in [-0.2, 0) is 14.8 Å². The highest BCUT2D eigenvalue weighted by Crippen LogP contribution is 2.28. The fourth-order valence-electron chi connectivity index (χ4n) is 1.62. The lowest BCUT2D eigenvalue weighted by Gasteiger charge is -2.22. The normalized spacial score (nSPS) is 11.3. The van der Waals surface area contributed by atoms with Gasteiger partial charge in [0, 0.05) is 6.07 Å². The number of hydrogen-bond donors (Lipinski definition) is 1. The highest BCUT2D eigenvalue weighted by Gasteiger charge is 2.30. The number of carboxylic acids is 1. The molecule has 1 N–H and O–H groups in total. The monoisotopic (exact) mass is 333 g/mol. The first kappa shape index (κ1) is 15.4. The van der Waals surface area contributed by atoms with E-state index in [-0.39, 0.29) is 4.21 Å². The van der Waals surface area contributed by atoms with Crippen molar-refractivity contribution >= 4 is 33.0 Å². The maximum Gasteiger partial charge on any atom is 0.324 e. The maximum absolute atomic E-state index is 13.8. The quantitative estimate of drug-likeness (QED) is 0.911. The molecular weight excluding hydrogens is 324 g/mol. The van der Waals surface area contributed by atoms with Gasteiger partial charge in [0.25, 0.3) is 10.0 Å². The molecule has 112 valence electrons. The number of anilines is 1. The van der Waals surface area contributed by atoms with Crippen molar-refractivity contribution in [3.63, 3.8) is 0 Å². The zero-order valence-corrected chi connectivity index (χ0v) is 12.0. The van der Waals surface area contributed by atoms with Crippen LogP contribution in [0.25, 0.3) is 0 Å². The minimum absolute atomic E-state index is 0.132. The van der Waals surface area contributed by atoms with Crippen molar-refractivity contribution in [1.82, 2.24) is 0 Å². The van der Waals surface area contributed by atoms with Crippen molar-refractivity contribution in [2.75, 3.05) is 10.8 Å². The van der Waals surface area contributed by atoms with Crippen molar-refractivity contribution in [1.29, 1.82) is 0 Å². The molecule has 1 aromatic carbocycles. The molecule has 9 heteroatoms. The van der Waals surface area contributed by atoms with Crippen LogP contribution in [0.5, 0.6) is 0 Å². The van der Waals surface area contributed by atoms with Gasteiger partial charge in [-0.15, -0.1) is 11.3 Å². The Labute approximate surface area is 123 Å². The Kier molecular flexibility index (Phi) is 4.24. The Morgan fingerprint density at radius 3 is 2.52 bits per heavy atom. The van der Waals surface area contributed by atoms with Crippen LogP contribution in [0.1, 0.15) is 0 Å². The van der Waals surface area contributed by atoms with Crippen molar-refractivity contribution in [2.24, 2.45) is 0 Å². The van der Waals surface area contributed by atoms with Crippen molar-refractivity contribution in [3.05, 3.63) is 47.3 Å². The number of rotatable bonds is 5. The Bertz CT molecular complexity index is 760. The van der Waals surface area contributed by atoms with Crippen LogP contribution in [0.2, 0.25) is 0 Å². The molecule has 2 rings (SSSR count). The van der Waals surface area contributed by atoms with Gasteiger partial charge in [0.2, 0.25) is 0 Å². The summed E-state index contributed by atoms with van der Waals surface area (Å²) in [5.74, 6) is -3.50. The number of hydrogen-bond acceptors (Lipinski definition) is 4. The number of halogens is 2. The Hall–Kier alpha value is -2.00. The smallest absolute Gasteiger partial charge is 0.324 e. The molecule has 2 aromatic rings. The predicted octanol–water partition coefficient (Wildman–Crippen LogP) is 2.31. The number of carboxylic acid groups (broad SMARTS) is 1. The van der Waals surface area contributed by atoms with E-state index in [1.165, 1.54) is 17.5 Å². The van der Waals surface area contributed by atoms with E-state index in [9.17, 15) is 22.0 Å². The molecule has 0 aliphatic carbocycles. The fraction of sp³-hybridized carbons (Fsp3) is 0.0833. The molecule has 0 amide bonds. The highest BCUT2D eigenvalue weighted by molar-refractivity contribution is 7.94. The lowest BCUT2D eigenvalue weighted by atomic mass is 10.3. The third kappa shape index (κ3) is 3.19. The van der Waals surface area contributed by atoms with Gasteiger partial charge in [-0.25, -0.2) is 17.2 Å². The van der Waals surface area contributed by atoms with Gasteiger partial charge >= 0.3 is 5.97 Å². The van der Waals surface area contributed by atoms with Crippen molar-refractivity contribution in [2.45, 2.75) is 4.21 Å². The van der Waals surface area contributed by atoms with Gasteiger partial charge in [0.1, 0.15) is 22.4 Å². The second-order valence-corrected chi connectivity index (χ2v) is 6.97. The van der Waals surface area contributed by atoms with E-state index in [2.05, 4.69) is 0 Å². The summed E-state index contributed by atoms with van der Waals surface area (Å²) >= 11 is 0.870. The molecule has 1 aromatic heterocycles. The first-order valence-electron chi connectivity index (χ1n) is 5.55. The topological polar surface area (TPSA) is 74.7 Å². The predicted molar refractivity (Wildman–Crippen MR) is 72.8 cm³/mol. The van der Waals surface area contributed by atoms with E-state index in [4.69, 9.17) is 5.11 Å². The molecule has 0 fully saturated rings. The van der Waals surface area contributed by atoms with Gasteiger partial charge in [-0.2, -0.15) is 0 Å². The van der Waals surface area contributed by atoms with Crippen molar-refractivity contribution in [3.8, 4) is 0 Å². The van der Waals surface area contributed by atoms with Crippen LogP contribution in [0.15, 0.2) is 39.9 Å². The Balaban J connectivity index is 2.56. The molecule has 0 aliphatic heterocycles. The molecule has 0 aliphatic rings. The molecular formula is C12H9F2NO4S2. The third-order valence-electron chi connectivity index (χ3n) is 2.50. The molecule has 0 saturated heterocycles. The zero-order chi connectivity index (χ0) is 15.6. The van der Waals surface area contributed by atoms with E-state index in [1.54, 1.807) is 0 Å². The number of nitrogens with zero attached hydrogens (tertiary/aromatic N) is 1. The third-order valence-corrected chi connectivity index (χ3v) is 5.63. The molecule has 1 heterocycles. The second-order valence-electron chi connectivity index (χ2n) is 3.93. The van der Waals surface area contributed by atoms with Gasteiger partial charge in [-0.3, -0.25) is 9.10 Å². The summed E-state index contributed by atoms with van der Waals surface area (Å²) in [7, 11) is -4.23. The number of thiophene rings is 1. The molecule has 0 saturated carbocycles. The minimum Gasteiger partial charge on any atom is -0.480 e. The second kappa shape index (κ2) is 5.78. The Morgan fingerprint density at radius 1 is 1.29 bits per heavy atom. The lowest BCUT2D eigenvalue weighted by molar-refractivity contribution is -0.135. The van der Waals surface area contributed by atoms with E-state index in [1.807, 2.05) is 0 Å². The zero-order valence-electron chi connectivity index (χ0n) is 10.4. The van der Waals surface area contributed by atoms with Gasteiger partial charge in [-0.05, 0) is 23.6 Å². The average molecular weight is 333 g/mol. The van der Waals surface area contributed by atoms with Crippen LogP contribution >= 0.6 is 11.3 Å². The number of sulfonamides is 1. The molecule has 5 nitrogen and oxygen atoms in total. The number of carbonyl (C=O) groups is 1. The summed E-state index contributed by atoms with van der Waals surface area (Å²) in [5, 5.41) is 10.3.